The quantitative estimate of drug-likeness (QED) is 0.797. The van der Waals surface area contributed by atoms with Crippen LogP contribution in [0.1, 0.15) is 37.0 Å². The second-order valence-electron chi connectivity index (χ2n) is 5.45. The third-order valence-electron chi connectivity index (χ3n) is 3.96. The molecule has 1 aliphatic rings. The Morgan fingerprint density at radius 1 is 1.40 bits per heavy atom. The van der Waals surface area contributed by atoms with E-state index in [9.17, 15) is 5.11 Å². The van der Waals surface area contributed by atoms with Crippen molar-refractivity contribution >= 4 is 0 Å². The van der Waals surface area contributed by atoms with Gasteiger partial charge in [0.15, 0.2) is 0 Å². The van der Waals surface area contributed by atoms with E-state index in [1.54, 1.807) is 0 Å². The maximum Gasteiger partial charge on any atom is 0.0916 e. The second kappa shape index (κ2) is 7.74. The SMILES string of the molecule is CCN(CC1CCCO1)CC(O)c1ccc(CN)cc1. The van der Waals surface area contributed by atoms with Gasteiger partial charge < -0.3 is 15.6 Å². The highest BCUT2D eigenvalue weighted by atomic mass is 16.5. The first-order chi connectivity index (χ1) is 9.72. The topological polar surface area (TPSA) is 58.7 Å². The van der Waals surface area contributed by atoms with Crippen LogP contribution in [0.15, 0.2) is 24.3 Å². The fraction of sp³-hybridized carbons (Fsp3) is 0.625. The Morgan fingerprint density at radius 2 is 2.15 bits per heavy atom. The molecule has 0 aromatic heterocycles. The van der Waals surface area contributed by atoms with Crippen molar-refractivity contribution in [3.63, 3.8) is 0 Å². The summed E-state index contributed by atoms with van der Waals surface area (Å²) >= 11 is 0. The molecule has 1 saturated heterocycles. The van der Waals surface area contributed by atoms with Gasteiger partial charge in [-0.15, -0.1) is 0 Å². The van der Waals surface area contributed by atoms with Crippen LogP contribution < -0.4 is 5.73 Å². The lowest BCUT2D eigenvalue weighted by molar-refractivity contribution is 0.0516. The van der Waals surface area contributed by atoms with Gasteiger partial charge in [0.2, 0.25) is 0 Å². The predicted molar refractivity (Wildman–Crippen MR) is 80.4 cm³/mol. The fourth-order valence-corrected chi connectivity index (χ4v) is 2.63. The summed E-state index contributed by atoms with van der Waals surface area (Å²) in [5, 5.41) is 10.3. The number of likely N-dealkylation sites (N-methyl/N-ethyl adjacent to an activating group) is 1. The lowest BCUT2D eigenvalue weighted by atomic mass is 10.1. The van der Waals surface area contributed by atoms with E-state index in [1.165, 1.54) is 0 Å². The molecule has 0 radical (unpaired) electrons. The molecule has 2 rings (SSSR count). The number of rotatable bonds is 7. The molecule has 0 bridgehead atoms. The summed E-state index contributed by atoms with van der Waals surface area (Å²) in [6, 6.07) is 7.89. The van der Waals surface area contributed by atoms with Crippen molar-refractivity contribution in [2.45, 2.75) is 38.5 Å². The van der Waals surface area contributed by atoms with Crippen molar-refractivity contribution in [3.05, 3.63) is 35.4 Å². The first-order valence-corrected chi connectivity index (χ1v) is 7.53. The molecule has 2 unspecified atom stereocenters. The molecule has 1 aromatic rings. The predicted octanol–water partition coefficient (Wildman–Crippen LogP) is 1.68. The van der Waals surface area contributed by atoms with Gasteiger partial charge in [-0.05, 0) is 30.5 Å². The van der Waals surface area contributed by atoms with E-state index in [4.69, 9.17) is 10.5 Å². The number of ether oxygens (including phenoxy) is 1. The fourth-order valence-electron chi connectivity index (χ4n) is 2.63. The van der Waals surface area contributed by atoms with Gasteiger partial charge in [0.1, 0.15) is 0 Å². The van der Waals surface area contributed by atoms with Crippen molar-refractivity contribution in [2.24, 2.45) is 5.73 Å². The van der Waals surface area contributed by atoms with Crippen LogP contribution in [0, 0.1) is 0 Å². The minimum Gasteiger partial charge on any atom is -0.387 e. The number of aliphatic hydroxyl groups is 1. The van der Waals surface area contributed by atoms with Crippen molar-refractivity contribution in [3.8, 4) is 0 Å². The average molecular weight is 278 g/mol. The Hall–Kier alpha value is -0.940. The van der Waals surface area contributed by atoms with Crippen LogP contribution in [0.25, 0.3) is 0 Å². The molecule has 1 heterocycles. The largest absolute Gasteiger partial charge is 0.387 e. The van der Waals surface area contributed by atoms with Crippen LogP contribution in [-0.2, 0) is 11.3 Å². The van der Waals surface area contributed by atoms with E-state index in [2.05, 4.69) is 11.8 Å². The molecule has 0 aliphatic carbocycles. The highest BCUT2D eigenvalue weighted by molar-refractivity contribution is 5.24. The number of hydrogen-bond donors (Lipinski definition) is 2. The third kappa shape index (κ3) is 4.28. The molecule has 4 heteroatoms. The third-order valence-corrected chi connectivity index (χ3v) is 3.96. The molecule has 112 valence electrons. The zero-order chi connectivity index (χ0) is 14.4. The number of benzene rings is 1. The average Bonchev–Trinajstić information content (AvgIpc) is 2.99. The molecule has 3 N–H and O–H groups in total. The summed E-state index contributed by atoms with van der Waals surface area (Å²) in [5.74, 6) is 0. The number of aliphatic hydroxyl groups excluding tert-OH is 1. The van der Waals surface area contributed by atoms with Gasteiger partial charge in [-0.2, -0.15) is 0 Å². The lowest BCUT2D eigenvalue weighted by Crippen LogP contribution is -2.35. The molecule has 0 amide bonds. The van der Waals surface area contributed by atoms with Crippen LogP contribution >= 0.6 is 0 Å². The van der Waals surface area contributed by atoms with E-state index in [-0.39, 0.29) is 0 Å². The molecule has 0 spiro atoms. The molecular weight excluding hydrogens is 252 g/mol. The first-order valence-electron chi connectivity index (χ1n) is 7.53. The summed E-state index contributed by atoms with van der Waals surface area (Å²) in [7, 11) is 0. The first kappa shape index (κ1) is 15.4. The molecule has 1 aromatic carbocycles. The summed E-state index contributed by atoms with van der Waals surface area (Å²) < 4.78 is 5.67. The molecule has 1 aliphatic heterocycles. The lowest BCUT2D eigenvalue weighted by Gasteiger charge is -2.26. The zero-order valence-corrected chi connectivity index (χ0v) is 12.3. The van der Waals surface area contributed by atoms with Gasteiger partial charge in [0.05, 0.1) is 12.2 Å². The smallest absolute Gasteiger partial charge is 0.0916 e. The maximum absolute atomic E-state index is 10.3. The Labute approximate surface area is 121 Å². The Bertz CT molecular complexity index is 388. The van der Waals surface area contributed by atoms with Gasteiger partial charge in [-0.25, -0.2) is 0 Å². The van der Waals surface area contributed by atoms with E-state index in [1.807, 2.05) is 24.3 Å². The standard InChI is InChI=1S/C16H26N2O2/c1-2-18(11-15-4-3-9-20-15)12-16(19)14-7-5-13(10-17)6-8-14/h5-8,15-16,19H,2-4,9-12,17H2,1H3. The maximum atomic E-state index is 10.3. The second-order valence-corrected chi connectivity index (χ2v) is 5.45. The monoisotopic (exact) mass is 278 g/mol. The molecular formula is C16H26N2O2. The van der Waals surface area contributed by atoms with Gasteiger partial charge in [0, 0.05) is 26.2 Å². The van der Waals surface area contributed by atoms with Crippen molar-refractivity contribution in [2.75, 3.05) is 26.2 Å². The summed E-state index contributed by atoms with van der Waals surface area (Å²) in [4.78, 5) is 2.26. The van der Waals surface area contributed by atoms with E-state index < -0.39 is 6.10 Å². The molecule has 1 fully saturated rings. The summed E-state index contributed by atoms with van der Waals surface area (Å²) in [6.07, 6.45) is 2.17. The molecule has 0 saturated carbocycles. The highest BCUT2D eigenvalue weighted by Gasteiger charge is 2.20. The van der Waals surface area contributed by atoms with E-state index >= 15 is 0 Å². The van der Waals surface area contributed by atoms with Crippen LogP contribution in [0.5, 0.6) is 0 Å². The van der Waals surface area contributed by atoms with Crippen LogP contribution in [-0.4, -0.2) is 42.4 Å². The van der Waals surface area contributed by atoms with Crippen molar-refractivity contribution in [1.82, 2.24) is 4.90 Å². The highest BCUT2D eigenvalue weighted by Crippen LogP contribution is 2.18. The summed E-state index contributed by atoms with van der Waals surface area (Å²) in [5.41, 5.74) is 7.63. The molecule has 4 nitrogen and oxygen atoms in total. The minimum absolute atomic E-state index is 0.335. The van der Waals surface area contributed by atoms with Crippen molar-refractivity contribution in [1.29, 1.82) is 0 Å². The van der Waals surface area contributed by atoms with Crippen LogP contribution in [0.2, 0.25) is 0 Å². The van der Waals surface area contributed by atoms with E-state index in [0.29, 0.717) is 19.2 Å². The van der Waals surface area contributed by atoms with Gasteiger partial charge in [0.25, 0.3) is 0 Å². The van der Waals surface area contributed by atoms with Crippen LogP contribution in [0.4, 0.5) is 0 Å². The Balaban J connectivity index is 1.88. The minimum atomic E-state index is -0.455. The van der Waals surface area contributed by atoms with Crippen LogP contribution in [0.3, 0.4) is 0 Å². The molecule has 20 heavy (non-hydrogen) atoms. The number of nitrogens with zero attached hydrogens (tertiary/aromatic N) is 1. The summed E-state index contributed by atoms with van der Waals surface area (Å²) in [6.45, 7) is 6.03. The zero-order valence-electron chi connectivity index (χ0n) is 12.3. The normalized spacial score (nSPS) is 20.5. The van der Waals surface area contributed by atoms with E-state index in [0.717, 1.165) is 43.7 Å². The van der Waals surface area contributed by atoms with Gasteiger partial charge >= 0.3 is 0 Å². The molecule has 2 atom stereocenters. The van der Waals surface area contributed by atoms with Gasteiger partial charge in [-0.1, -0.05) is 31.2 Å². The Kier molecular flexibility index (Phi) is 5.98. The van der Waals surface area contributed by atoms with Gasteiger partial charge in [-0.3, -0.25) is 4.90 Å². The Morgan fingerprint density at radius 3 is 2.70 bits per heavy atom. The number of hydrogen-bond acceptors (Lipinski definition) is 4. The number of nitrogens with two attached hydrogens (primary N) is 1. The van der Waals surface area contributed by atoms with Crippen molar-refractivity contribution < 1.29 is 9.84 Å².